The van der Waals surface area contributed by atoms with Crippen LogP contribution in [0.25, 0.3) is 11.1 Å². The van der Waals surface area contributed by atoms with Crippen LogP contribution >= 0.6 is 0 Å². The van der Waals surface area contributed by atoms with Crippen LogP contribution in [0.3, 0.4) is 0 Å². The molecule has 0 saturated heterocycles. The summed E-state index contributed by atoms with van der Waals surface area (Å²) in [6.45, 7) is 7.73. The van der Waals surface area contributed by atoms with E-state index in [1.165, 1.54) is 36.4 Å². The fraction of sp³-hybridized carbons (Fsp3) is 0.167. The maximum Gasteiger partial charge on any atom is 0.336 e. The quantitative estimate of drug-likeness (QED) is 0.0542. The van der Waals surface area contributed by atoms with Crippen LogP contribution in [0.4, 0.5) is 11.4 Å². The van der Waals surface area contributed by atoms with E-state index in [1.807, 2.05) is 64.1 Å². The highest BCUT2D eigenvalue weighted by Crippen LogP contribution is 2.32. The van der Waals surface area contributed by atoms with Crippen molar-refractivity contribution in [2.75, 3.05) is 11.1 Å². The SMILES string of the molecule is CC[C@](C)(N)c1ccc(Oc2ccc(NC(=O)c3cc(-c4ccc(C(=O)O)c(C(=O)N[C@@](C)(CC)c5ccc(Oc6ccc(N)cc6)cc5)c4)ccc3C(=O)O)cc2)cc1. The van der Waals surface area contributed by atoms with Gasteiger partial charge in [-0.25, -0.2) is 9.59 Å². The number of carbonyl (C=O) groups excluding carboxylic acids is 2. The Morgan fingerprint density at radius 1 is 0.550 bits per heavy atom. The molecule has 2 atom stereocenters. The lowest BCUT2D eigenvalue weighted by atomic mass is 9.88. The van der Waals surface area contributed by atoms with E-state index in [0.717, 1.165) is 17.5 Å². The smallest absolute Gasteiger partial charge is 0.336 e. The lowest BCUT2D eigenvalue weighted by Crippen LogP contribution is -2.43. The minimum Gasteiger partial charge on any atom is -0.478 e. The highest BCUT2D eigenvalue weighted by Gasteiger charge is 2.30. The van der Waals surface area contributed by atoms with E-state index in [1.54, 1.807) is 60.7 Å². The van der Waals surface area contributed by atoms with Gasteiger partial charge in [0.05, 0.1) is 27.8 Å². The molecule has 0 bridgehead atoms. The molecule has 0 saturated carbocycles. The predicted octanol–water partition coefficient (Wildman–Crippen LogP) is 9.81. The third kappa shape index (κ3) is 9.63. The number of amides is 2. The van der Waals surface area contributed by atoms with Crippen LogP contribution in [0.1, 0.15) is 93.1 Å². The normalized spacial score (nSPS) is 12.9. The molecule has 2 amide bonds. The van der Waals surface area contributed by atoms with Crippen molar-refractivity contribution < 1.29 is 38.9 Å². The van der Waals surface area contributed by atoms with Crippen LogP contribution in [-0.2, 0) is 11.1 Å². The summed E-state index contributed by atoms with van der Waals surface area (Å²) in [6.07, 6.45) is 1.24. The van der Waals surface area contributed by atoms with Gasteiger partial charge >= 0.3 is 11.9 Å². The second-order valence-electron chi connectivity index (χ2n) is 14.8. The summed E-state index contributed by atoms with van der Waals surface area (Å²) in [5.41, 5.74) is 13.5. The summed E-state index contributed by atoms with van der Waals surface area (Å²) in [5, 5.41) is 25.8. The summed E-state index contributed by atoms with van der Waals surface area (Å²) in [4.78, 5) is 52.2. The van der Waals surface area contributed by atoms with E-state index in [0.29, 0.717) is 51.9 Å². The van der Waals surface area contributed by atoms with Gasteiger partial charge in [-0.3, -0.25) is 9.59 Å². The summed E-state index contributed by atoms with van der Waals surface area (Å²) < 4.78 is 11.9. The number of anilines is 2. The minimum absolute atomic E-state index is 0.117. The monoisotopic (exact) mass is 806 g/mol. The van der Waals surface area contributed by atoms with E-state index < -0.39 is 34.8 Å². The van der Waals surface area contributed by atoms with Gasteiger partial charge in [-0.05, 0) is 146 Å². The summed E-state index contributed by atoms with van der Waals surface area (Å²) in [5.74, 6) is -1.66. The first-order valence-electron chi connectivity index (χ1n) is 19.3. The number of carbonyl (C=O) groups is 4. The molecule has 6 aromatic rings. The van der Waals surface area contributed by atoms with Crippen molar-refractivity contribution in [3.63, 3.8) is 0 Å². The van der Waals surface area contributed by atoms with Crippen molar-refractivity contribution in [1.29, 1.82) is 0 Å². The molecule has 306 valence electrons. The fourth-order valence-electron chi connectivity index (χ4n) is 6.49. The molecule has 12 heteroatoms. The van der Waals surface area contributed by atoms with Gasteiger partial charge < -0.3 is 41.8 Å². The Labute approximate surface area is 347 Å². The molecular formula is C48H46N4O8. The largest absolute Gasteiger partial charge is 0.478 e. The molecule has 12 nitrogen and oxygen atoms in total. The van der Waals surface area contributed by atoms with Gasteiger partial charge in [-0.2, -0.15) is 0 Å². The molecule has 0 unspecified atom stereocenters. The maximum atomic E-state index is 14.0. The number of ether oxygens (including phenoxy) is 2. The van der Waals surface area contributed by atoms with E-state index in [9.17, 15) is 29.4 Å². The zero-order chi connectivity index (χ0) is 43.2. The molecule has 0 aliphatic heterocycles. The number of hydrogen-bond acceptors (Lipinski definition) is 8. The summed E-state index contributed by atoms with van der Waals surface area (Å²) in [7, 11) is 0. The average molecular weight is 807 g/mol. The van der Waals surface area contributed by atoms with Crippen LogP contribution in [0, 0.1) is 0 Å². The first-order chi connectivity index (χ1) is 28.6. The molecule has 0 heterocycles. The number of rotatable bonds is 15. The standard InChI is InChI=1S/C48H46N4O8/c1-5-47(3,50)31-9-17-35(18-10-31)60-38-23-15-34(16-24-38)51-43(53)41-27-29(7-25-39(41)45(55)56)30-8-26-40(46(57)58)42(28-30)44(54)52-48(4,6-2)32-11-19-36(20-12-32)59-37-21-13-33(49)14-22-37/h7-28H,5-6,49-50H2,1-4H3,(H,51,53)(H,52,54)(H,55,56)(H,57,58)/t47-,48-/m0/s1. The Bertz CT molecular complexity index is 2540. The zero-order valence-corrected chi connectivity index (χ0v) is 33.6. The van der Waals surface area contributed by atoms with Crippen LogP contribution in [-0.4, -0.2) is 34.0 Å². The number of hydrogen-bond donors (Lipinski definition) is 6. The number of nitrogens with two attached hydrogens (primary N) is 2. The van der Waals surface area contributed by atoms with Gasteiger partial charge in [-0.15, -0.1) is 0 Å². The number of carboxylic acids is 2. The lowest BCUT2D eigenvalue weighted by molar-refractivity contribution is 0.0682. The molecule has 0 spiro atoms. The molecule has 8 N–H and O–H groups in total. The first kappa shape index (κ1) is 42.2. The van der Waals surface area contributed by atoms with Crippen molar-refractivity contribution in [2.45, 2.75) is 51.6 Å². The second-order valence-corrected chi connectivity index (χ2v) is 14.8. The second kappa shape index (κ2) is 17.6. The molecule has 6 rings (SSSR count). The van der Waals surface area contributed by atoms with E-state index in [-0.39, 0.29) is 22.3 Å². The zero-order valence-electron chi connectivity index (χ0n) is 33.6. The van der Waals surface area contributed by atoms with Gasteiger partial charge in [0, 0.05) is 16.9 Å². The average Bonchev–Trinajstić information content (AvgIpc) is 3.25. The van der Waals surface area contributed by atoms with Gasteiger partial charge in [0.2, 0.25) is 0 Å². The van der Waals surface area contributed by atoms with Crippen LogP contribution < -0.4 is 31.6 Å². The van der Waals surface area contributed by atoms with Gasteiger partial charge in [-0.1, -0.05) is 50.2 Å². The number of aromatic carboxylic acids is 2. The van der Waals surface area contributed by atoms with Crippen LogP contribution in [0.2, 0.25) is 0 Å². The predicted molar refractivity (Wildman–Crippen MR) is 231 cm³/mol. The Hall–Kier alpha value is -7.44. The minimum atomic E-state index is -1.32. The van der Waals surface area contributed by atoms with Gasteiger partial charge in [0.1, 0.15) is 23.0 Å². The molecule has 0 aliphatic rings. The molecule has 6 aromatic carbocycles. The van der Waals surface area contributed by atoms with E-state index >= 15 is 0 Å². The molecule has 60 heavy (non-hydrogen) atoms. The van der Waals surface area contributed by atoms with Crippen molar-refractivity contribution in [3.8, 4) is 34.1 Å². The van der Waals surface area contributed by atoms with E-state index in [2.05, 4.69) is 10.6 Å². The van der Waals surface area contributed by atoms with Gasteiger partial charge in [0.25, 0.3) is 11.8 Å². The first-order valence-corrected chi connectivity index (χ1v) is 19.3. The highest BCUT2D eigenvalue weighted by molar-refractivity contribution is 6.12. The Morgan fingerprint density at radius 2 is 0.967 bits per heavy atom. The van der Waals surface area contributed by atoms with Crippen molar-refractivity contribution in [2.24, 2.45) is 5.73 Å². The summed E-state index contributed by atoms with van der Waals surface area (Å²) in [6, 6.07) is 36.7. The van der Waals surface area contributed by atoms with E-state index in [4.69, 9.17) is 20.9 Å². The number of nitrogen functional groups attached to an aromatic ring is 1. The molecule has 0 aliphatic carbocycles. The third-order valence-corrected chi connectivity index (χ3v) is 10.6. The fourth-order valence-corrected chi connectivity index (χ4v) is 6.49. The molecule has 0 radical (unpaired) electrons. The molecule has 0 aromatic heterocycles. The van der Waals surface area contributed by atoms with Crippen molar-refractivity contribution in [3.05, 3.63) is 167 Å². The van der Waals surface area contributed by atoms with Gasteiger partial charge in [0.15, 0.2) is 0 Å². The maximum absolute atomic E-state index is 14.0. The van der Waals surface area contributed by atoms with Crippen molar-refractivity contribution in [1.82, 2.24) is 5.32 Å². The highest BCUT2D eigenvalue weighted by atomic mass is 16.5. The summed E-state index contributed by atoms with van der Waals surface area (Å²) >= 11 is 0. The lowest BCUT2D eigenvalue weighted by Gasteiger charge is -2.31. The van der Waals surface area contributed by atoms with Crippen molar-refractivity contribution >= 4 is 35.1 Å². The molecular weight excluding hydrogens is 761 g/mol. The van der Waals surface area contributed by atoms with Crippen LogP contribution in [0.5, 0.6) is 23.0 Å². The Morgan fingerprint density at radius 3 is 1.40 bits per heavy atom. The Balaban J connectivity index is 1.21. The topological polar surface area (TPSA) is 203 Å². The Kier molecular flexibility index (Phi) is 12.4. The number of carboxylic acid groups (broad SMARTS) is 2. The molecule has 0 fully saturated rings. The third-order valence-electron chi connectivity index (χ3n) is 10.6. The number of benzene rings is 6. The number of nitrogens with one attached hydrogen (secondary N) is 2. The van der Waals surface area contributed by atoms with Crippen LogP contribution in [0.15, 0.2) is 133 Å².